The molecule has 2 aromatic rings. The summed E-state index contributed by atoms with van der Waals surface area (Å²) in [5.41, 5.74) is 0.408. The third kappa shape index (κ3) is 4.08. The molecule has 1 aromatic heterocycles. The lowest BCUT2D eigenvalue weighted by Crippen LogP contribution is -2.26. The number of furan rings is 1. The van der Waals surface area contributed by atoms with E-state index in [1.54, 1.807) is 19.2 Å². The Balaban J connectivity index is 2.14. The van der Waals surface area contributed by atoms with Crippen LogP contribution < -0.4 is 0 Å². The SMILES string of the molecule is COCc1ccc(C(=O)N(C)Cc2cc([N+](=O)[O-])ccc2Cl)o1. The minimum Gasteiger partial charge on any atom is -0.453 e. The first kappa shape index (κ1) is 17.0. The van der Waals surface area contributed by atoms with Gasteiger partial charge in [0.1, 0.15) is 12.4 Å². The molecule has 23 heavy (non-hydrogen) atoms. The molecule has 0 spiro atoms. The molecule has 0 N–H and O–H groups in total. The number of nitro groups is 1. The number of hydrogen-bond acceptors (Lipinski definition) is 5. The van der Waals surface area contributed by atoms with Crippen molar-refractivity contribution in [3.63, 3.8) is 0 Å². The average molecular weight is 339 g/mol. The molecule has 0 bridgehead atoms. The third-order valence-electron chi connectivity index (χ3n) is 3.15. The quantitative estimate of drug-likeness (QED) is 0.596. The molecule has 0 radical (unpaired) electrons. The fraction of sp³-hybridized carbons (Fsp3) is 0.267. The van der Waals surface area contributed by atoms with Crippen LogP contribution in [0.15, 0.2) is 34.7 Å². The van der Waals surface area contributed by atoms with E-state index in [0.29, 0.717) is 16.3 Å². The molecule has 2 rings (SSSR count). The van der Waals surface area contributed by atoms with Gasteiger partial charge in [-0.25, -0.2) is 0 Å². The molecule has 0 fully saturated rings. The van der Waals surface area contributed by atoms with Crippen LogP contribution in [0.25, 0.3) is 0 Å². The maximum absolute atomic E-state index is 12.3. The van der Waals surface area contributed by atoms with Crippen LogP contribution in [-0.2, 0) is 17.9 Å². The monoisotopic (exact) mass is 338 g/mol. The van der Waals surface area contributed by atoms with E-state index in [1.165, 1.54) is 30.2 Å². The molecule has 1 aromatic carbocycles. The van der Waals surface area contributed by atoms with Gasteiger partial charge in [0.15, 0.2) is 5.76 Å². The zero-order valence-corrected chi connectivity index (χ0v) is 13.4. The van der Waals surface area contributed by atoms with Crippen molar-refractivity contribution in [2.24, 2.45) is 0 Å². The molecule has 0 saturated heterocycles. The summed E-state index contributed by atoms with van der Waals surface area (Å²) in [4.78, 5) is 24.0. The van der Waals surface area contributed by atoms with Crippen LogP contribution in [0.4, 0.5) is 5.69 Å². The van der Waals surface area contributed by atoms with Crippen LogP contribution >= 0.6 is 11.6 Å². The number of non-ortho nitro benzene ring substituents is 1. The van der Waals surface area contributed by atoms with Gasteiger partial charge in [-0.15, -0.1) is 0 Å². The molecule has 1 heterocycles. The van der Waals surface area contributed by atoms with E-state index in [1.807, 2.05) is 0 Å². The van der Waals surface area contributed by atoms with Gasteiger partial charge in [-0.1, -0.05) is 11.6 Å². The van der Waals surface area contributed by atoms with Gasteiger partial charge in [0, 0.05) is 37.9 Å². The second-order valence-corrected chi connectivity index (χ2v) is 5.30. The highest BCUT2D eigenvalue weighted by molar-refractivity contribution is 6.31. The number of nitrogens with zero attached hydrogens (tertiary/aromatic N) is 2. The summed E-state index contributed by atoms with van der Waals surface area (Å²) >= 11 is 6.04. The second kappa shape index (κ2) is 7.26. The van der Waals surface area contributed by atoms with Crippen LogP contribution in [-0.4, -0.2) is 29.9 Å². The first-order chi connectivity index (χ1) is 10.9. The van der Waals surface area contributed by atoms with Crippen LogP contribution in [0.5, 0.6) is 0 Å². The van der Waals surface area contributed by atoms with Gasteiger partial charge in [-0.3, -0.25) is 14.9 Å². The number of methoxy groups -OCH3 is 1. The Morgan fingerprint density at radius 2 is 2.13 bits per heavy atom. The van der Waals surface area contributed by atoms with Crippen molar-refractivity contribution in [3.05, 3.63) is 62.6 Å². The van der Waals surface area contributed by atoms with Crippen molar-refractivity contribution >= 4 is 23.2 Å². The van der Waals surface area contributed by atoms with E-state index in [9.17, 15) is 14.9 Å². The lowest BCUT2D eigenvalue weighted by molar-refractivity contribution is -0.384. The Morgan fingerprint density at radius 3 is 2.78 bits per heavy atom. The van der Waals surface area contributed by atoms with E-state index < -0.39 is 4.92 Å². The van der Waals surface area contributed by atoms with Crippen molar-refractivity contribution in [3.8, 4) is 0 Å². The van der Waals surface area contributed by atoms with Gasteiger partial charge >= 0.3 is 0 Å². The molecule has 0 aliphatic heterocycles. The molecule has 1 amide bonds. The first-order valence-corrected chi connectivity index (χ1v) is 7.06. The molecule has 8 heteroatoms. The zero-order chi connectivity index (χ0) is 17.0. The number of hydrogen-bond donors (Lipinski definition) is 0. The first-order valence-electron chi connectivity index (χ1n) is 6.68. The Kier molecular flexibility index (Phi) is 5.36. The summed E-state index contributed by atoms with van der Waals surface area (Å²) in [7, 11) is 3.09. The number of benzene rings is 1. The summed E-state index contributed by atoms with van der Waals surface area (Å²) in [6.45, 7) is 0.396. The molecular formula is C15H15ClN2O5. The Bertz CT molecular complexity index is 728. The predicted octanol–water partition coefficient (Wildman–Crippen LogP) is 3.26. The number of nitro benzene ring substituents is 1. The lowest BCUT2D eigenvalue weighted by Gasteiger charge is -2.16. The summed E-state index contributed by atoms with van der Waals surface area (Å²) in [6.07, 6.45) is 0. The van der Waals surface area contributed by atoms with Gasteiger partial charge in [-0.2, -0.15) is 0 Å². The minimum absolute atomic E-state index is 0.0781. The highest BCUT2D eigenvalue weighted by atomic mass is 35.5. The standard InChI is InChI=1S/C15H15ClN2O5/c1-17(15(19)14-6-4-12(23-14)9-22-2)8-10-7-11(18(20)21)3-5-13(10)16/h3-7H,8-9H2,1-2H3. The molecular weight excluding hydrogens is 324 g/mol. The van der Waals surface area contributed by atoms with Gasteiger partial charge in [0.2, 0.25) is 0 Å². The highest BCUT2D eigenvalue weighted by Gasteiger charge is 2.18. The van der Waals surface area contributed by atoms with Crippen molar-refractivity contribution < 1.29 is 18.9 Å². The van der Waals surface area contributed by atoms with Crippen molar-refractivity contribution in [1.29, 1.82) is 0 Å². The maximum atomic E-state index is 12.3. The Morgan fingerprint density at radius 1 is 1.39 bits per heavy atom. The summed E-state index contributed by atoms with van der Waals surface area (Å²) in [6, 6.07) is 7.33. The number of amides is 1. The highest BCUT2D eigenvalue weighted by Crippen LogP contribution is 2.23. The van der Waals surface area contributed by atoms with Gasteiger partial charge in [0.05, 0.1) is 4.92 Å². The van der Waals surface area contributed by atoms with Crippen molar-refractivity contribution in [1.82, 2.24) is 4.90 Å². The number of carbonyl (C=O) groups is 1. The van der Waals surface area contributed by atoms with Crippen molar-refractivity contribution in [2.75, 3.05) is 14.2 Å². The molecule has 122 valence electrons. The van der Waals surface area contributed by atoms with E-state index in [2.05, 4.69) is 0 Å². The van der Waals surface area contributed by atoms with Crippen LogP contribution in [0.3, 0.4) is 0 Å². The molecule has 0 aliphatic carbocycles. The Labute approximate surface area is 137 Å². The molecule has 0 aliphatic rings. The average Bonchev–Trinajstić information content (AvgIpc) is 2.97. The smallest absolute Gasteiger partial charge is 0.289 e. The van der Waals surface area contributed by atoms with E-state index in [4.69, 9.17) is 20.8 Å². The number of ether oxygens (including phenoxy) is 1. The zero-order valence-electron chi connectivity index (χ0n) is 12.6. The summed E-state index contributed by atoms with van der Waals surface area (Å²) < 4.78 is 10.3. The van der Waals surface area contributed by atoms with Gasteiger partial charge in [0.25, 0.3) is 11.6 Å². The largest absolute Gasteiger partial charge is 0.453 e. The fourth-order valence-electron chi connectivity index (χ4n) is 2.02. The number of rotatable bonds is 6. The predicted molar refractivity (Wildman–Crippen MR) is 83.3 cm³/mol. The van der Waals surface area contributed by atoms with Crippen LogP contribution in [0.2, 0.25) is 5.02 Å². The molecule has 7 nitrogen and oxygen atoms in total. The fourth-order valence-corrected chi connectivity index (χ4v) is 2.20. The summed E-state index contributed by atoms with van der Waals surface area (Å²) in [5.74, 6) is 0.355. The second-order valence-electron chi connectivity index (χ2n) is 4.89. The summed E-state index contributed by atoms with van der Waals surface area (Å²) in [5, 5.41) is 11.2. The normalized spacial score (nSPS) is 10.6. The number of carbonyl (C=O) groups excluding carboxylic acids is 1. The maximum Gasteiger partial charge on any atom is 0.289 e. The molecule has 0 saturated carbocycles. The topological polar surface area (TPSA) is 85.8 Å². The van der Waals surface area contributed by atoms with Gasteiger partial charge < -0.3 is 14.1 Å². The third-order valence-corrected chi connectivity index (χ3v) is 3.52. The Hall–Kier alpha value is -2.38. The van der Waals surface area contributed by atoms with Crippen LogP contribution in [0.1, 0.15) is 21.9 Å². The lowest BCUT2D eigenvalue weighted by atomic mass is 10.2. The van der Waals surface area contributed by atoms with E-state index in [-0.39, 0.29) is 30.5 Å². The molecule has 0 unspecified atom stereocenters. The minimum atomic E-state index is -0.509. The van der Waals surface area contributed by atoms with E-state index in [0.717, 1.165) is 0 Å². The number of halogens is 1. The van der Waals surface area contributed by atoms with Gasteiger partial charge in [-0.05, 0) is 23.8 Å². The van der Waals surface area contributed by atoms with Crippen LogP contribution in [0, 0.1) is 10.1 Å². The van der Waals surface area contributed by atoms with Crippen molar-refractivity contribution in [2.45, 2.75) is 13.2 Å². The van der Waals surface area contributed by atoms with E-state index >= 15 is 0 Å². The molecule has 0 atom stereocenters.